The standard InChI is InChI=1S/C18H18F5N3O/c19-11-17(20,21)18(22,23)16(27)26-9-5-4-8-14(26)15-24-10-13(25-15)12-6-2-1-3-7-12/h1-3,6-7,10,14H,4-5,8-9,11H2,(H,24,25). The Labute approximate surface area is 152 Å². The number of hydrogen-bond acceptors (Lipinski definition) is 2. The van der Waals surface area contributed by atoms with Gasteiger partial charge in [-0.1, -0.05) is 30.3 Å². The number of benzene rings is 1. The molecule has 1 fully saturated rings. The van der Waals surface area contributed by atoms with Crippen LogP contribution in [0.1, 0.15) is 31.1 Å². The van der Waals surface area contributed by atoms with E-state index in [9.17, 15) is 26.7 Å². The second kappa shape index (κ2) is 7.28. The van der Waals surface area contributed by atoms with Crippen LogP contribution in [0.25, 0.3) is 11.3 Å². The summed E-state index contributed by atoms with van der Waals surface area (Å²) in [4.78, 5) is 20.0. The number of rotatable bonds is 5. The van der Waals surface area contributed by atoms with Crippen LogP contribution in [-0.2, 0) is 4.79 Å². The lowest BCUT2D eigenvalue weighted by atomic mass is 9.99. The molecule has 4 nitrogen and oxygen atoms in total. The Hall–Kier alpha value is -2.45. The van der Waals surface area contributed by atoms with Gasteiger partial charge in [-0.3, -0.25) is 4.79 Å². The van der Waals surface area contributed by atoms with Crippen LogP contribution in [0.3, 0.4) is 0 Å². The van der Waals surface area contributed by atoms with Crippen LogP contribution in [0, 0.1) is 0 Å². The van der Waals surface area contributed by atoms with Gasteiger partial charge in [0.15, 0.2) is 6.67 Å². The van der Waals surface area contributed by atoms with Crippen molar-refractivity contribution in [2.24, 2.45) is 0 Å². The van der Waals surface area contributed by atoms with Gasteiger partial charge in [-0.25, -0.2) is 9.37 Å². The average Bonchev–Trinajstić information content (AvgIpc) is 3.18. The molecule has 1 aliphatic heterocycles. The molecule has 1 amide bonds. The molecule has 1 unspecified atom stereocenters. The number of nitrogens with one attached hydrogen (secondary N) is 1. The van der Waals surface area contributed by atoms with Gasteiger partial charge in [0.05, 0.1) is 17.9 Å². The summed E-state index contributed by atoms with van der Waals surface area (Å²) in [5.41, 5.74) is 1.42. The van der Waals surface area contributed by atoms with Gasteiger partial charge in [-0.15, -0.1) is 0 Å². The number of amides is 1. The van der Waals surface area contributed by atoms with Gasteiger partial charge in [0.25, 0.3) is 5.91 Å². The largest absolute Gasteiger partial charge is 0.389 e. The minimum Gasteiger partial charge on any atom is -0.340 e. The molecule has 0 spiro atoms. The lowest BCUT2D eigenvalue weighted by molar-refractivity contribution is -0.225. The van der Waals surface area contributed by atoms with Gasteiger partial charge in [0, 0.05) is 6.54 Å². The highest BCUT2D eigenvalue weighted by atomic mass is 19.3. The van der Waals surface area contributed by atoms with Crippen LogP contribution in [0.2, 0.25) is 0 Å². The zero-order valence-electron chi connectivity index (χ0n) is 14.3. The second-order valence-corrected chi connectivity index (χ2v) is 6.47. The number of hydrogen-bond donors (Lipinski definition) is 1. The molecule has 1 N–H and O–H groups in total. The number of likely N-dealkylation sites (tertiary alicyclic amines) is 1. The quantitative estimate of drug-likeness (QED) is 0.775. The number of alkyl halides is 5. The Bertz CT molecular complexity index is 793. The molecular weight excluding hydrogens is 369 g/mol. The third-order valence-corrected chi connectivity index (χ3v) is 4.66. The smallest absolute Gasteiger partial charge is 0.340 e. The Morgan fingerprint density at radius 3 is 2.56 bits per heavy atom. The number of H-pyrrole nitrogens is 1. The molecule has 1 aromatic heterocycles. The van der Waals surface area contributed by atoms with Crippen molar-refractivity contribution in [1.82, 2.24) is 14.9 Å². The highest BCUT2D eigenvalue weighted by Gasteiger charge is 2.64. The number of aromatic nitrogens is 2. The van der Waals surface area contributed by atoms with E-state index < -0.39 is 30.5 Å². The van der Waals surface area contributed by atoms with Crippen LogP contribution in [0.4, 0.5) is 22.0 Å². The molecule has 2 aromatic rings. The molecule has 0 aliphatic carbocycles. The van der Waals surface area contributed by atoms with Crippen LogP contribution >= 0.6 is 0 Å². The highest BCUT2D eigenvalue weighted by Crippen LogP contribution is 2.40. The topological polar surface area (TPSA) is 49.0 Å². The number of nitrogens with zero attached hydrogens (tertiary/aromatic N) is 2. The van der Waals surface area contributed by atoms with Crippen LogP contribution in [0.15, 0.2) is 36.5 Å². The van der Waals surface area contributed by atoms with Crippen molar-refractivity contribution >= 4 is 5.91 Å². The number of imidazole rings is 1. The predicted molar refractivity (Wildman–Crippen MR) is 88.2 cm³/mol. The molecule has 0 bridgehead atoms. The first kappa shape index (κ1) is 19.3. The van der Waals surface area contributed by atoms with E-state index >= 15 is 0 Å². The van der Waals surface area contributed by atoms with Crippen molar-refractivity contribution < 1.29 is 26.7 Å². The normalized spacial score (nSPS) is 18.6. The number of halogens is 5. The summed E-state index contributed by atoms with van der Waals surface area (Å²) in [5.74, 6) is -12.0. The molecule has 0 saturated carbocycles. The van der Waals surface area contributed by atoms with Gasteiger partial charge >= 0.3 is 11.8 Å². The van der Waals surface area contributed by atoms with E-state index in [1.54, 1.807) is 0 Å². The summed E-state index contributed by atoms with van der Waals surface area (Å²) < 4.78 is 66.8. The SMILES string of the molecule is O=C(N1CCCCC1c1ncc(-c2ccccc2)[nH]1)C(F)(F)C(F)(F)CF. The first-order valence-corrected chi connectivity index (χ1v) is 8.51. The average molecular weight is 387 g/mol. The van der Waals surface area contributed by atoms with Crippen molar-refractivity contribution in [1.29, 1.82) is 0 Å². The summed E-state index contributed by atoms with van der Waals surface area (Å²) in [6, 6.07) is 8.19. The first-order valence-electron chi connectivity index (χ1n) is 8.51. The van der Waals surface area contributed by atoms with Crippen LogP contribution in [0.5, 0.6) is 0 Å². The number of carbonyl (C=O) groups is 1. The summed E-state index contributed by atoms with van der Waals surface area (Å²) in [7, 11) is 0. The van der Waals surface area contributed by atoms with Gasteiger partial charge in [0.2, 0.25) is 0 Å². The van der Waals surface area contributed by atoms with Crippen molar-refractivity contribution in [3.63, 3.8) is 0 Å². The monoisotopic (exact) mass is 387 g/mol. The van der Waals surface area contributed by atoms with Crippen LogP contribution < -0.4 is 0 Å². The third kappa shape index (κ3) is 3.54. The molecule has 0 radical (unpaired) electrons. The maximum atomic E-state index is 13.9. The summed E-state index contributed by atoms with van der Waals surface area (Å²) >= 11 is 0. The van der Waals surface area contributed by atoms with Crippen LogP contribution in [-0.4, -0.2) is 45.8 Å². The number of carbonyl (C=O) groups excluding carboxylic acids is 1. The zero-order chi connectivity index (χ0) is 19.7. The Morgan fingerprint density at radius 1 is 1.19 bits per heavy atom. The first-order chi connectivity index (χ1) is 12.8. The summed E-state index contributed by atoms with van der Waals surface area (Å²) in [5, 5.41) is 0. The summed E-state index contributed by atoms with van der Waals surface area (Å²) in [6.45, 7) is -2.73. The maximum absolute atomic E-state index is 13.9. The van der Waals surface area contributed by atoms with Gasteiger partial charge in [-0.2, -0.15) is 17.6 Å². The van der Waals surface area contributed by atoms with Gasteiger partial charge < -0.3 is 9.88 Å². The highest BCUT2D eigenvalue weighted by molar-refractivity contribution is 5.85. The Morgan fingerprint density at radius 2 is 1.89 bits per heavy atom. The maximum Gasteiger partial charge on any atom is 0.389 e. The Kier molecular flexibility index (Phi) is 5.21. The minimum absolute atomic E-state index is 0.122. The molecule has 1 aliphatic rings. The number of aromatic amines is 1. The molecule has 1 saturated heterocycles. The Balaban J connectivity index is 1.88. The van der Waals surface area contributed by atoms with E-state index in [0.29, 0.717) is 29.9 Å². The van der Waals surface area contributed by atoms with Gasteiger partial charge in [0.1, 0.15) is 5.82 Å². The minimum atomic E-state index is -5.12. The van der Waals surface area contributed by atoms with E-state index in [0.717, 1.165) is 5.56 Å². The lowest BCUT2D eigenvalue weighted by Crippen LogP contribution is -2.56. The third-order valence-electron chi connectivity index (χ3n) is 4.66. The van der Waals surface area contributed by atoms with E-state index in [4.69, 9.17) is 0 Å². The lowest BCUT2D eigenvalue weighted by Gasteiger charge is -2.37. The molecule has 3 rings (SSSR count). The van der Waals surface area contributed by atoms with Crippen molar-refractivity contribution in [2.75, 3.05) is 13.2 Å². The molecular formula is C18H18F5N3O. The molecule has 2 heterocycles. The van der Waals surface area contributed by atoms with E-state index in [1.807, 2.05) is 30.3 Å². The molecule has 1 aromatic carbocycles. The molecule has 9 heteroatoms. The fourth-order valence-electron chi connectivity index (χ4n) is 3.15. The van der Waals surface area contributed by atoms with E-state index in [1.165, 1.54) is 6.20 Å². The summed E-state index contributed by atoms with van der Waals surface area (Å²) in [6.07, 6.45) is 2.81. The number of piperidine rings is 1. The van der Waals surface area contributed by atoms with Crippen molar-refractivity contribution in [3.8, 4) is 11.3 Å². The fourth-order valence-corrected chi connectivity index (χ4v) is 3.15. The van der Waals surface area contributed by atoms with Crippen molar-refractivity contribution in [2.45, 2.75) is 37.1 Å². The fraction of sp³-hybridized carbons (Fsp3) is 0.444. The molecule has 146 valence electrons. The second-order valence-electron chi connectivity index (χ2n) is 6.47. The predicted octanol–water partition coefficient (Wildman–Crippen LogP) is 4.37. The van der Waals surface area contributed by atoms with Crippen molar-refractivity contribution in [3.05, 3.63) is 42.4 Å². The molecule has 1 atom stereocenters. The van der Waals surface area contributed by atoms with E-state index in [-0.39, 0.29) is 12.4 Å². The molecule has 27 heavy (non-hydrogen) atoms. The zero-order valence-corrected chi connectivity index (χ0v) is 14.3. The van der Waals surface area contributed by atoms with E-state index in [2.05, 4.69) is 9.97 Å². The van der Waals surface area contributed by atoms with Gasteiger partial charge in [-0.05, 0) is 24.8 Å².